The van der Waals surface area contributed by atoms with E-state index in [9.17, 15) is 0 Å². The van der Waals surface area contributed by atoms with Crippen LogP contribution in [-0.2, 0) is 12.0 Å². The maximum Gasteiger partial charge on any atom is 0.220 e. The van der Waals surface area contributed by atoms with Crippen molar-refractivity contribution < 1.29 is 13.1 Å². The molecule has 0 saturated carbocycles. The van der Waals surface area contributed by atoms with E-state index >= 15 is 0 Å². The van der Waals surface area contributed by atoms with Crippen LogP contribution in [0.4, 0.5) is 17.3 Å². The molecule has 1 unspecified atom stereocenters. The number of nitrogens with zero attached hydrogens (tertiary/aromatic N) is 4. The zero-order valence-electron chi connectivity index (χ0n) is 35.2. The molecule has 5 aromatic heterocycles. The van der Waals surface area contributed by atoms with Gasteiger partial charge in [-0.2, -0.15) is 8.73 Å². The van der Waals surface area contributed by atoms with Crippen molar-refractivity contribution in [3.05, 3.63) is 199 Å². The molecule has 5 nitrogen and oxygen atoms in total. The summed E-state index contributed by atoms with van der Waals surface area (Å²) in [7, 11) is 0.472. The summed E-state index contributed by atoms with van der Waals surface area (Å²) in [6.45, 7) is 9.52. The fourth-order valence-corrected chi connectivity index (χ4v) is 11.7. The van der Waals surface area contributed by atoms with Gasteiger partial charge < -0.3 is 8.98 Å². The van der Waals surface area contributed by atoms with Gasteiger partial charge in [-0.3, -0.25) is 4.90 Å². The molecule has 6 heteroatoms. The van der Waals surface area contributed by atoms with Gasteiger partial charge in [0, 0.05) is 57.8 Å². The van der Waals surface area contributed by atoms with Gasteiger partial charge in [0.15, 0.2) is 18.9 Å². The summed E-state index contributed by atoms with van der Waals surface area (Å²) in [4.78, 5) is 2.37. The van der Waals surface area contributed by atoms with Gasteiger partial charge in [-0.15, -0.1) is 0 Å². The van der Waals surface area contributed by atoms with Gasteiger partial charge in [-0.05, 0) is 107 Å². The lowest BCUT2D eigenvalue weighted by Gasteiger charge is -2.24. The summed E-state index contributed by atoms with van der Waals surface area (Å²) in [5.74, 6) is 1.63. The number of pyridine rings is 2. The van der Waals surface area contributed by atoms with E-state index < -0.39 is 0 Å². The highest BCUT2D eigenvalue weighted by Gasteiger charge is 2.37. The van der Waals surface area contributed by atoms with Crippen LogP contribution >= 0.6 is 8.35 Å². The maximum absolute atomic E-state index is 7.12. The van der Waals surface area contributed by atoms with Crippen molar-refractivity contribution in [2.45, 2.75) is 39.7 Å². The second kappa shape index (κ2) is 13.9. The molecule has 0 amide bonds. The van der Waals surface area contributed by atoms with Crippen LogP contribution < -0.4 is 13.6 Å². The number of rotatable bonds is 5. The molecular weight excluding hydrogens is 776 g/mol. The van der Waals surface area contributed by atoms with E-state index in [1.54, 1.807) is 0 Å². The van der Waals surface area contributed by atoms with Crippen LogP contribution in [0.15, 0.2) is 187 Å². The third-order valence-electron chi connectivity index (χ3n) is 13.2. The molecule has 1 aliphatic carbocycles. The molecule has 2 aliphatic rings. The van der Waals surface area contributed by atoms with Crippen molar-refractivity contribution in [1.29, 1.82) is 0 Å². The number of aromatic nitrogens is 3. The van der Waals surface area contributed by atoms with Crippen molar-refractivity contribution in [3.8, 4) is 39.4 Å². The smallest absolute Gasteiger partial charge is 0.220 e. The first-order chi connectivity index (χ1) is 30.5. The Hall–Kier alpha value is -7.20. The summed E-state index contributed by atoms with van der Waals surface area (Å²) >= 11 is 0. The molecule has 0 saturated heterocycles. The van der Waals surface area contributed by atoms with Crippen LogP contribution in [0.2, 0.25) is 0 Å². The van der Waals surface area contributed by atoms with Crippen molar-refractivity contribution in [2.24, 2.45) is 0 Å². The summed E-state index contributed by atoms with van der Waals surface area (Å²) in [5.41, 5.74) is 17.2. The molecule has 6 aromatic carbocycles. The maximum atomic E-state index is 7.12. The Bertz CT molecular complexity index is 3570. The lowest BCUT2D eigenvalue weighted by atomic mass is 9.82. The predicted molar refractivity (Wildman–Crippen MR) is 257 cm³/mol. The Balaban J connectivity index is 0.00000202. The molecule has 6 heterocycles. The second-order valence-corrected chi connectivity index (χ2v) is 18.0. The SMILES string of the molecule is CC.CC1(C)c2ccccc2-c2cc3c4cc(-c5ccc(N(c6cccc7c6C[n+]6ccccc6-7)c6cccc7c6[pH][n+]6ccccc76)o5)ccc4n(-c4ccccc4)c3cc21. The molecule has 0 radical (unpaired) electrons. The second-order valence-electron chi connectivity index (χ2n) is 16.7. The summed E-state index contributed by atoms with van der Waals surface area (Å²) in [6, 6.07) is 62.1. The van der Waals surface area contributed by atoms with Gasteiger partial charge in [-0.1, -0.05) is 82.3 Å². The topological polar surface area (TPSA) is 29.3 Å². The lowest BCUT2D eigenvalue weighted by Crippen LogP contribution is -2.31. The minimum atomic E-state index is -0.0963. The van der Waals surface area contributed by atoms with Crippen LogP contribution in [0.25, 0.3) is 77.2 Å². The van der Waals surface area contributed by atoms with E-state index in [4.69, 9.17) is 4.42 Å². The largest absolute Gasteiger partial charge is 0.440 e. The Morgan fingerprint density at radius 2 is 1.35 bits per heavy atom. The molecule has 62 heavy (non-hydrogen) atoms. The van der Waals surface area contributed by atoms with Crippen molar-refractivity contribution in [2.75, 3.05) is 4.90 Å². The summed E-state index contributed by atoms with van der Waals surface area (Å²) < 4.78 is 14.3. The molecule has 1 aliphatic heterocycles. The van der Waals surface area contributed by atoms with Gasteiger partial charge in [0.05, 0.1) is 44.0 Å². The monoisotopic (exact) mass is 820 g/mol. The molecule has 0 spiro atoms. The average Bonchev–Trinajstić information content (AvgIpc) is 4.15. The third-order valence-corrected chi connectivity index (χ3v) is 14.5. The third kappa shape index (κ3) is 5.28. The van der Waals surface area contributed by atoms with E-state index in [0.717, 1.165) is 40.8 Å². The van der Waals surface area contributed by atoms with E-state index in [2.05, 4.69) is 214 Å². The quantitative estimate of drug-likeness (QED) is 0.162. The van der Waals surface area contributed by atoms with Crippen molar-refractivity contribution >= 4 is 63.4 Å². The number of hydrogen-bond acceptors (Lipinski definition) is 2. The zero-order chi connectivity index (χ0) is 41.7. The van der Waals surface area contributed by atoms with E-state index in [-0.39, 0.29) is 5.41 Å². The Morgan fingerprint density at radius 1 is 0.597 bits per heavy atom. The highest BCUT2D eigenvalue weighted by molar-refractivity contribution is 7.30. The Morgan fingerprint density at radius 3 is 2.26 bits per heavy atom. The highest BCUT2D eigenvalue weighted by atomic mass is 31.0. The lowest BCUT2D eigenvalue weighted by molar-refractivity contribution is -0.672. The number of anilines is 3. The van der Waals surface area contributed by atoms with E-state index in [0.29, 0.717) is 8.35 Å². The van der Waals surface area contributed by atoms with Gasteiger partial charge in [-0.25, -0.2) is 0 Å². The first-order valence-electron chi connectivity index (χ1n) is 21.7. The Kier molecular flexibility index (Phi) is 8.23. The fraction of sp³-hybridized carbons (Fsp3) is 0.107. The highest BCUT2D eigenvalue weighted by Crippen LogP contribution is 2.52. The van der Waals surface area contributed by atoms with Gasteiger partial charge in [0.2, 0.25) is 17.1 Å². The van der Waals surface area contributed by atoms with Gasteiger partial charge >= 0.3 is 0 Å². The molecule has 1 atom stereocenters. The average molecular weight is 821 g/mol. The van der Waals surface area contributed by atoms with Crippen molar-refractivity contribution in [3.63, 3.8) is 0 Å². The van der Waals surface area contributed by atoms with Crippen LogP contribution in [0.5, 0.6) is 0 Å². The van der Waals surface area contributed by atoms with Crippen LogP contribution in [-0.4, -0.2) is 4.57 Å². The Labute approximate surface area is 362 Å². The van der Waals surface area contributed by atoms with Gasteiger partial charge in [0.25, 0.3) is 0 Å². The molecular formula is C56H45N4OP+2. The molecule has 13 rings (SSSR count). The van der Waals surface area contributed by atoms with Crippen LogP contribution in [0.1, 0.15) is 44.4 Å². The molecule has 298 valence electrons. The summed E-state index contributed by atoms with van der Waals surface area (Å²) in [6.07, 6.45) is 4.38. The van der Waals surface area contributed by atoms with Crippen LogP contribution in [0.3, 0.4) is 0 Å². The molecule has 0 N–H and O–H groups in total. The first kappa shape index (κ1) is 36.6. The predicted octanol–water partition coefficient (Wildman–Crippen LogP) is 14.1. The zero-order valence-corrected chi connectivity index (χ0v) is 36.2. The number of benzene rings is 6. The fourth-order valence-electron chi connectivity index (χ4n) is 10.3. The molecule has 11 aromatic rings. The minimum Gasteiger partial charge on any atom is -0.440 e. The number of hydrogen-bond donors (Lipinski definition) is 0. The molecule has 0 bridgehead atoms. The summed E-state index contributed by atoms with van der Waals surface area (Å²) in [5, 5.41) is 5.03. The number of furan rings is 1. The van der Waals surface area contributed by atoms with E-state index in [1.807, 2.05) is 13.8 Å². The standard InChI is InChI=1S/C54H39N4OP.C2H6/c1-54(2)43-19-7-6-16-36(43)39-31-41-40-30-34(24-25-48(40)57(50(41)32-44(39)54)35-14-4-3-5-15-35)51-26-27-52(59-51)58(47-22-12-17-37-42(47)33-55-28-10-8-20-45(37)55)49-23-13-18-38-46-21-9-11-29-56(46)60-53(38)49;1-2/h3-32,60H,33H2,1-2H3;1-2H3/q+2;. The first-order valence-corrected chi connectivity index (χ1v) is 22.7. The van der Waals surface area contributed by atoms with Gasteiger partial charge in [0.1, 0.15) is 14.1 Å². The van der Waals surface area contributed by atoms with E-state index in [1.165, 1.54) is 76.9 Å². The number of para-hydroxylation sites is 1. The van der Waals surface area contributed by atoms with Crippen molar-refractivity contribution in [1.82, 2.24) is 4.57 Å². The van der Waals surface area contributed by atoms with Crippen LogP contribution in [0, 0.1) is 0 Å². The number of fused-ring (bicyclic) bond motifs is 12. The minimum absolute atomic E-state index is 0.0963. The normalized spacial score (nSPS) is 13.4. The molecule has 0 fully saturated rings.